The second-order valence-electron chi connectivity index (χ2n) is 4.48. The lowest BCUT2D eigenvalue weighted by Gasteiger charge is -2.20. The van der Waals surface area contributed by atoms with Crippen LogP contribution in [-0.4, -0.2) is 25.6 Å². The van der Waals surface area contributed by atoms with E-state index in [4.69, 9.17) is 0 Å². The topological polar surface area (TPSA) is 28.2 Å². The van der Waals surface area contributed by atoms with Gasteiger partial charge in [0.25, 0.3) is 0 Å². The molecule has 0 spiro atoms. The van der Waals surface area contributed by atoms with Crippen molar-refractivity contribution in [2.45, 2.75) is 20.3 Å². The van der Waals surface area contributed by atoms with Crippen molar-refractivity contribution < 1.29 is 8.78 Å². The normalized spacial score (nSPS) is 10.8. The standard InChI is InChI=1S/C12H19F2N3/c1-8(2)5-6-17(4)12-10(14)7-9(13)11(15-3)16-12/h7-8H,5-6H2,1-4H3,(H,15,16). The van der Waals surface area contributed by atoms with Crippen LogP contribution < -0.4 is 10.2 Å². The Hall–Kier alpha value is -1.39. The van der Waals surface area contributed by atoms with Crippen molar-refractivity contribution in [2.75, 3.05) is 30.9 Å². The summed E-state index contributed by atoms with van der Waals surface area (Å²) in [4.78, 5) is 5.64. The molecule has 0 aromatic carbocycles. The van der Waals surface area contributed by atoms with E-state index >= 15 is 0 Å². The first kappa shape index (κ1) is 13.7. The molecule has 0 aliphatic heterocycles. The van der Waals surface area contributed by atoms with Gasteiger partial charge in [0.05, 0.1) is 0 Å². The average Bonchev–Trinajstić information content (AvgIpc) is 2.26. The number of hydrogen-bond acceptors (Lipinski definition) is 3. The van der Waals surface area contributed by atoms with Crippen molar-refractivity contribution in [2.24, 2.45) is 5.92 Å². The maximum absolute atomic E-state index is 13.6. The minimum Gasteiger partial charge on any atom is -0.371 e. The van der Waals surface area contributed by atoms with Crippen LogP contribution in [0.5, 0.6) is 0 Å². The van der Waals surface area contributed by atoms with Crippen LogP contribution in [0.25, 0.3) is 0 Å². The Morgan fingerprint density at radius 3 is 2.53 bits per heavy atom. The zero-order valence-electron chi connectivity index (χ0n) is 10.7. The Kier molecular flexibility index (Phi) is 4.66. The van der Waals surface area contributed by atoms with E-state index < -0.39 is 11.6 Å². The first-order chi connectivity index (χ1) is 7.95. The van der Waals surface area contributed by atoms with Crippen LogP contribution in [0.2, 0.25) is 0 Å². The summed E-state index contributed by atoms with van der Waals surface area (Å²) in [5.74, 6) is -0.530. The Morgan fingerprint density at radius 2 is 2.00 bits per heavy atom. The zero-order chi connectivity index (χ0) is 13.0. The molecule has 0 bridgehead atoms. The van der Waals surface area contributed by atoms with Gasteiger partial charge in [0, 0.05) is 26.7 Å². The van der Waals surface area contributed by atoms with E-state index in [1.54, 1.807) is 19.0 Å². The molecule has 0 aliphatic carbocycles. The van der Waals surface area contributed by atoms with Crippen molar-refractivity contribution in [3.63, 3.8) is 0 Å². The number of halogens is 2. The minimum atomic E-state index is -0.675. The van der Waals surface area contributed by atoms with Gasteiger partial charge in [-0.2, -0.15) is 0 Å². The van der Waals surface area contributed by atoms with Gasteiger partial charge in [0.1, 0.15) is 0 Å². The largest absolute Gasteiger partial charge is 0.371 e. The lowest BCUT2D eigenvalue weighted by Crippen LogP contribution is -2.22. The van der Waals surface area contributed by atoms with Crippen LogP contribution in [0, 0.1) is 17.6 Å². The van der Waals surface area contributed by atoms with Crippen LogP contribution in [0.15, 0.2) is 6.07 Å². The fraction of sp³-hybridized carbons (Fsp3) is 0.583. The zero-order valence-corrected chi connectivity index (χ0v) is 10.7. The van der Waals surface area contributed by atoms with Crippen molar-refractivity contribution in [3.8, 4) is 0 Å². The summed E-state index contributed by atoms with van der Waals surface area (Å²) in [5, 5.41) is 2.60. The van der Waals surface area contributed by atoms with Gasteiger partial charge in [-0.25, -0.2) is 13.8 Å². The van der Waals surface area contributed by atoms with Crippen molar-refractivity contribution in [1.82, 2.24) is 4.98 Å². The highest BCUT2D eigenvalue weighted by Crippen LogP contribution is 2.21. The molecule has 0 amide bonds. The van der Waals surface area contributed by atoms with Crippen molar-refractivity contribution in [3.05, 3.63) is 17.7 Å². The molecule has 1 N–H and O–H groups in total. The summed E-state index contributed by atoms with van der Waals surface area (Å²) < 4.78 is 26.8. The summed E-state index contributed by atoms with van der Waals surface area (Å²) in [6.45, 7) is 4.89. The predicted octanol–water partition coefficient (Wildman–Crippen LogP) is 2.88. The van der Waals surface area contributed by atoms with Gasteiger partial charge < -0.3 is 10.2 Å². The second-order valence-corrected chi connectivity index (χ2v) is 4.48. The fourth-order valence-corrected chi connectivity index (χ4v) is 1.46. The van der Waals surface area contributed by atoms with Crippen LogP contribution in [-0.2, 0) is 0 Å². The van der Waals surface area contributed by atoms with Crippen LogP contribution in [0.4, 0.5) is 20.4 Å². The quantitative estimate of drug-likeness (QED) is 0.862. The summed E-state index contributed by atoms with van der Waals surface area (Å²) in [5.41, 5.74) is 0. The monoisotopic (exact) mass is 243 g/mol. The highest BCUT2D eigenvalue weighted by Gasteiger charge is 2.14. The van der Waals surface area contributed by atoms with Gasteiger partial charge in [0.15, 0.2) is 23.3 Å². The SMILES string of the molecule is CNc1nc(N(C)CCC(C)C)c(F)cc1F. The van der Waals surface area contributed by atoms with Gasteiger partial charge in [-0.05, 0) is 12.3 Å². The Morgan fingerprint density at radius 1 is 1.35 bits per heavy atom. The Labute approximate surface area is 101 Å². The highest BCUT2D eigenvalue weighted by molar-refractivity contribution is 5.48. The summed E-state index contributed by atoms with van der Waals surface area (Å²) >= 11 is 0. The number of nitrogens with zero attached hydrogens (tertiary/aromatic N) is 2. The van der Waals surface area contributed by atoms with Crippen molar-refractivity contribution >= 4 is 11.6 Å². The molecule has 0 aliphatic rings. The average molecular weight is 243 g/mol. The number of hydrogen-bond donors (Lipinski definition) is 1. The number of anilines is 2. The van der Waals surface area contributed by atoms with E-state index in [0.717, 1.165) is 12.5 Å². The summed E-state index contributed by atoms with van der Waals surface area (Å²) in [7, 11) is 3.31. The van der Waals surface area contributed by atoms with Gasteiger partial charge in [-0.1, -0.05) is 13.8 Å². The molecule has 5 heteroatoms. The third kappa shape index (κ3) is 3.54. The number of pyridine rings is 1. The molecule has 0 unspecified atom stereocenters. The molecule has 0 atom stereocenters. The minimum absolute atomic E-state index is 0.0674. The lowest BCUT2D eigenvalue weighted by molar-refractivity contribution is 0.557. The van der Waals surface area contributed by atoms with E-state index in [0.29, 0.717) is 12.5 Å². The van der Waals surface area contributed by atoms with Crippen LogP contribution >= 0.6 is 0 Å². The number of rotatable bonds is 5. The first-order valence-electron chi connectivity index (χ1n) is 5.70. The molecule has 1 heterocycles. The van der Waals surface area contributed by atoms with Gasteiger partial charge in [0.2, 0.25) is 0 Å². The molecule has 1 aromatic rings. The smallest absolute Gasteiger partial charge is 0.168 e. The highest BCUT2D eigenvalue weighted by atomic mass is 19.1. The number of nitrogens with one attached hydrogen (secondary N) is 1. The third-order valence-electron chi connectivity index (χ3n) is 2.55. The molecule has 1 aromatic heterocycles. The Bertz CT molecular complexity index is 380. The lowest BCUT2D eigenvalue weighted by atomic mass is 10.1. The van der Waals surface area contributed by atoms with E-state index in [1.165, 1.54) is 0 Å². The molecule has 1 rings (SSSR count). The third-order valence-corrected chi connectivity index (χ3v) is 2.55. The molecule has 3 nitrogen and oxygen atoms in total. The fourth-order valence-electron chi connectivity index (χ4n) is 1.46. The van der Waals surface area contributed by atoms with Gasteiger partial charge in [-0.3, -0.25) is 0 Å². The molecule has 0 radical (unpaired) electrons. The molecule has 0 saturated heterocycles. The summed E-state index contributed by atoms with van der Waals surface area (Å²) in [6, 6.07) is 0.861. The Balaban J connectivity index is 2.89. The van der Waals surface area contributed by atoms with Crippen molar-refractivity contribution in [1.29, 1.82) is 0 Å². The summed E-state index contributed by atoms with van der Waals surface area (Å²) in [6.07, 6.45) is 0.934. The van der Waals surface area contributed by atoms with Crippen LogP contribution in [0.3, 0.4) is 0 Å². The molecular formula is C12H19F2N3. The second kappa shape index (κ2) is 5.80. The van der Waals surface area contributed by atoms with Gasteiger partial charge >= 0.3 is 0 Å². The van der Waals surface area contributed by atoms with E-state index in [2.05, 4.69) is 24.1 Å². The first-order valence-corrected chi connectivity index (χ1v) is 5.70. The van der Waals surface area contributed by atoms with E-state index in [-0.39, 0.29) is 11.6 Å². The molecule has 96 valence electrons. The number of aromatic nitrogens is 1. The molecule has 0 saturated carbocycles. The maximum atomic E-state index is 13.6. The molecule has 17 heavy (non-hydrogen) atoms. The maximum Gasteiger partial charge on any atom is 0.168 e. The predicted molar refractivity (Wildman–Crippen MR) is 66.4 cm³/mol. The molecular weight excluding hydrogens is 224 g/mol. The molecule has 0 fully saturated rings. The van der Waals surface area contributed by atoms with Gasteiger partial charge in [-0.15, -0.1) is 0 Å². The van der Waals surface area contributed by atoms with E-state index in [1.807, 2.05) is 0 Å². The van der Waals surface area contributed by atoms with Crippen LogP contribution in [0.1, 0.15) is 20.3 Å². The van der Waals surface area contributed by atoms with E-state index in [9.17, 15) is 8.78 Å².